The second-order valence-corrected chi connectivity index (χ2v) is 6.50. The molecular formula is C19H30N2O2S. The predicted molar refractivity (Wildman–Crippen MR) is 100 cm³/mol. The maximum atomic E-state index is 11.1. The summed E-state index contributed by atoms with van der Waals surface area (Å²) in [5, 5.41) is 8.83. The lowest BCUT2D eigenvalue weighted by molar-refractivity contribution is -0.142. The number of unbranched alkanes of at least 4 members (excludes halogenated alkanes) is 4. The summed E-state index contributed by atoms with van der Waals surface area (Å²) >= 11 is 1.54. The summed E-state index contributed by atoms with van der Waals surface area (Å²) in [7, 11) is 0. The molecule has 0 amide bonds. The molecule has 1 aromatic rings. The second-order valence-electron chi connectivity index (χ2n) is 5.36. The molecule has 4 nitrogen and oxygen atoms in total. The Labute approximate surface area is 151 Å². The van der Waals surface area contributed by atoms with E-state index in [1.54, 1.807) is 13.1 Å². The van der Waals surface area contributed by atoms with Gasteiger partial charge in [0.15, 0.2) is 0 Å². The number of hydrogen-bond donors (Lipinski definition) is 0. The zero-order chi connectivity index (χ0) is 18.2. The van der Waals surface area contributed by atoms with Crippen molar-refractivity contribution in [2.75, 3.05) is 12.4 Å². The molecule has 0 aliphatic carbocycles. The van der Waals surface area contributed by atoms with Gasteiger partial charge >= 0.3 is 5.97 Å². The zero-order valence-corrected chi connectivity index (χ0v) is 16.2. The van der Waals surface area contributed by atoms with Crippen molar-refractivity contribution in [1.29, 1.82) is 5.26 Å². The molecule has 0 unspecified atom stereocenters. The number of nitriles is 1. The van der Waals surface area contributed by atoms with Crippen molar-refractivity contribution in [3.8, 4) is 6.07 Å². The van der Waals surface area contributed by atoms with Gasteiger partial charge in [0, 0.05) is 16.8 Å². The molecule has 0 saturated carbocycles. The molecule has 1 rings (SSSR count). The highest BCUT2D eigenvalue weighted by molar-refractivity contribution is 7.99. The molecule has 0 radical (unpaired) electrons. The quantitative estimate of drug-likeness (QED) is 0.344. The van der Waals surface area contributed by atoms with Crippen molar-refractivity contribution < 1.29 is 9.53 Å². The van der Waals surface area contributed by atoms with Gasteiger partial charge in [0.1, 0.15) is 11.8 Å². The number of pyridine rings is 1. The molecule has 0 fully saturated rings. The Morgan fingerprint density at radius 1 is 1.25 bits per heavy atom. The molecular weight excluding hydrogens is 320 g/mol. The van der Waals surface area contributed by atoms with Crippen LogP contribution in [0.2, 0.25) is 0 Å². The molecule has 0 N–H and O–H groups in total. The topological polar surface area (TPSA) is 63.0 Å². The average Bonchev–Trinajstić information content (AvgIpc) is 2.58. The van der Waals surface area contributed by atoms with Crippen LogP contribution in [-0.4, -0.2) is 23.3 Å². The number of carbonyl (C=O) groups is 1. The van der Waals surface area contributed by atoms with Crippen LogP contribution in [0.15, 0.2) is 17.2 Å². The van der Waals surface area contributed by atoms with E-state index in [1.807, 2.05) is 19.1 Å². The summed E-state index contributed by atoms with van der Waals surface area (Å²) in [6, 6.07) is 3.89. The number of aromatic nitrogens is 1. The monoisotopic (exact) mass is 350 g/mol. The summed E-state index contributed by atoms with van der Waals surface area (Å²) in [5.41, 5.74) is 1.30. The summed E-state index contributed by atoms with van der Waals surface area (Å²) in [6.45, 7) is 8.55. The second kappa shape index (κ2) is 15.0. The number of carbonyl (C=O) groups excluding carboxylic acids is 1. The molecule has 0 aliphatic heterocycles. The maximum absolute atomic E-state index is 11.1. The standard InChI is InChI=1S/C12H14N2O2S.C7H16/c1-3-16-12(15)5-7-17-11-4-6-14-10(8-13)9(11)2;1-3-5-7-6-4-2/h4,6H,3,5,7H2,1-2H3;3-7H2,1-2H3. The fourth-order valence-electron chi connectivity index (χ4n) is 1.94. The molecule has 1 heterocycles. The molecule has 0 atom stereocenters. The lowest BCUT2D eigenvalue weighted by Crippen LogP contribution is -2.04. The van der Waals surface area contributed by atoms with Gasteiger partial charge in [0.2, 0.25) is 0 Å². The minimum absolute atomic E-state index is 0.188. The third kappa shape index (κ3) is 10.3. The summed E-state index contributed by atoms with van der Waals surface area (Å²) in [6.07, 6.45) is 9.00. The van der Waals surface area contributed by atoms with Gasteiger partial charge in [-0.2, -0.15) is 5.26 Å². The van der Waals surface area contributed by atoms with Gasteiger partial charge in [-0.25, -0.2) is 4.98 Å². The number of esters is 1. The van der Waals surface area contributed by atoms with E-state index in [2.05, 4.69) is 18.8 Å². The van der Waals surface area contributed by atoms with Crippen LogP contribution in [0.5, 0.6) is 0 Å². The van der Waals surface area contributed by atoms with Crippen LogP contribution in [-0.2, 0) is 9.53 Å². The highest BCUT2D eigenvalue weighted by Gasteiger charge is 2.07. The molecule has 0 spiro atoms. The van der Waals surface area contributed by atoms with Crippen LogP contribution in [0, 0.1) is 18.3 Å². The van der Waals surface area contributed by atoms with Gasteiger partial charge in [-0.15, -0.1) is 11.8 Å². The predicted octanol–water partition coefficient (Wildman–Crippen LogP) is 5.28. The van der Waals surface area contributed by atoms with Gasteiger partial charge < -0.3 is 4.74 Å². The van der Waals surface area contributed by atoms with Crippen LogP contribution in [0.3, 0.4) is 0 Å². The van der Waals surface area contributed by atoms with Crippen LogP contribution in [0.1, 0.15) is 70.6 Å². The number of hydrogen-bond acceptors (Lipinski definition) is 5. The number of nitrogens with zero attached hydrogens (tertiary/aromatic N) is 2. The number of rotatable bonds is 9. The van der Waals surface area contributed by atoms with Crippen molar-refractivity contribution in [3.05, 3.63) is 23.5 Å². The molecule has 0 aliphatic rings. The van der Waals surface area contributed by atoms with Gasteiger partial charge in [0.25, 0.3) is 0 Å². The maximum Gasteiger partial charge on any atom is 0.306 e. The third-order valence-electron chi connectivity index (χ3n) is 3.34. The van der Waals surface area contributed by atoms with E-state index in [1.165, 1.54) is 43.9 Å². The van der Waals surface area contributed by atoms with Crippen molar-refractivity contribution in [3.63, 3.8) is 0 Å². The lowest BCUT2D eigenvalue weighted by Gasteiger charge is -2.05. The molecule has 0 bridgehead atoms. The summed E-state index contributed by atoms with van der Waals surface area (Å²) in [4.78, 5) is 16.1. The fourth-order valence-corrected chi connectivity index (χ4v) is 2.90. The van der Waals surface area contributed by atoms with Crippen LogP contribution in [0.25, 0.3) is 0 Å². The van der Waals surface area contributed by atoms with E-state index in [0.717, 1.165) is 10.5 Å². The minimum atomic E-state index is -0.188. The Bertz CT molecular complexity index is 509. The Balaban J connectivity index is 0.000000640. The van der Waals surface area contributed by atoms with Crippen LogP contribution in [0.4, 0.5) is 0 Å². The average molecular weight is 351 g/mol. The zero-order valence-electron chi connectivity index (χ0n) is 15.4. The molecule has 24 heavy (non-hydrogen) atoms. The minimum Gasteiger partial charge on any atom is -0.466 e. The first kappa shape index (κ1) is 22.5. The third-order valence-corrected chi connectivity index (χ3v) is 4.50. The number of ether oxygens (including phenoxy) is 1. The van der Waals surface area contributed by atoms with Crippen molar-refractivity contribution in [1.82, 2.24) is 4.98 Å². The van der Waals surface area contributed by atoms with Gasteiger partial charge in [-0.3, -0.25) is 4.79 Å². The first-order valence-electron chi connectivity index (χ1n) is 8.74. The largest absolute Gasteiger partial charge is 0.466 e. The SMILES string of the molecule is CCCCCCC.CCOC(=O)CCSc1ccnc(C#N)c1C. The van der Waals surface area contributed by atoms with Gasteiger partial charge in [-0.05, 0) is 25.5 Å². The van der Waals surface area contributed by atoms with Gasteiger partial charge in [0.05, 0.1) is 13.0 Å². The molecule has 5 heteroatoms. The normalized spacial score (nSPS) is 9.62. The Morgan fingerprint density at radius 2 is 1.92 bits per heavy atom. The number of thioether (sulfide) groups is 1. The van der Waals surface area contributed by atoms with E-state index in [9.17, 15) is 4.79 Å². The highest BCUT2D eigenvalue weighted by atomic mass is 32.2. The fraction of sp³-hybridized carbons (Fsp3) is 0.632. The van der Waals surface area contributed by atoms with E-state index >= 15 is 0 Å². The molecule has 0 aromatic carbocycles. The van der Waals surface area contributed by atoms with Gasteiger partial charge in [-0.1, -0.05) is 46.0 Å². The first-order valence-corrected chi connectivity index (χ1v) is 9.73. The highest BCUT2D eigenvalue weighted by Crippen LogP contribution is 2.23. The summed E-state index contributed by atoms with van der Waals surface area (Å²) in [5.74, 6) is 0.460. The smallest absolute Gasteiger partial charge is 0.306 e. The van der Waals surface area contributed by atoms with Crippen LogP contribution >= 0.6 is 11.8 Å². The van der Waals surface area contributed by atoms with Crippen molar-refractivity contribution in [2.45, 2.75) is 71.1 Å². The Kier molecular flexibility index (Phi) is 14.1. The van der Waals surface area contributed by atoms with E-state index in [-0.39, 0.29) is 5.97 Å². The summed E-state index contributed by atoms with van der Waals surface area (Å²) < 4.78 is 4.84. The molecule has 134 valence electrons. The first-order chi connectivity index (χ1) is 11.6. The van der Waals surface area contributed by atoms with Crippen molar-refractivity contribution in [2.24, 2.45) is 0 Å². The molecule has 0 saturated heterocycles. The lowest BCUT2D eigenvalue weighted by atomic mass is 10.2. The van der Waals surface area contributed by atoms with Crippen molar-refractivity contribution >= 4 is 17.7 Å². The van der Waals surface area contributed by atoms with E-state index in [0.29, 0.717) is 24.5 Å². The Morgan fingerprint density at radius 3 is 2.46 bits per heavy atom. The van der Waals surface area contributed by atoms with E-state index in [4.69, 9.17) is 10.00 Å². The van der Waals surface area contributed by atoms with Crippen LogP contribution < -0.4 is 0 Å². The molecule has 1 aromatic heterocycles. The Hall–Kier alpha value is -1.54. The van der Waals surface area contributed by atoms with E-state index < -0.39 is 0 Å².